The molecule has 2 atom stereocenters. The molecule has 0 radical (unpaired) electrons. The Kier molecular flexibility index (Phi) is 4.22. The van der Waals surface area contributed by atoms with Crippen LogP contribution in [-0.2, 0) is 29.4 Å². The van der Waals surface area contributed by atoms with Crippen molar-refractivity contribution in [1.29, 1.82) is 0 Å². The largest absolute Gasteiger partial charge is 0.438 e. The van der Waals surface area contributed by atoms with E-state index in [2.05, 4.69) is 0 Å². The maximum absolute atomic E-state index is 12.0. The van der Waals surface area contributed by atoms with Gasteiger partial charge in [-0.1, -0.05) is 0 Å². The third-order valence-corrected chi connectivity index (χ3v) is 4.46. The van der Waals surface area contributed by atoms with E-state index in [0.29, 0.717) is 5.69 Å². The summed E-state index contributed by atoms with van der Waals surface area (Å²) in [5.74, 6) is -2.45. The van der Waals surface area contributed by atoms with Gasteiger partial charge in [-0.2, -0.15) is 24.1 Å². The van der Waals surface area contributed by atoms with Gasteiger partial charge in [0.25, 0.3) is 5.91 Å². The molecular formula is C11H12N2O7S2. The molecule has 0 unspecified atom stereocenters. The van der Waals surface area contributed by atoms with Gasteiger partial charge in [-0.25, -0.2) is 0 Å². The van der Waals surface area contributed by atoms with Gasteiger partial charge in [0.2, 0.25) is 12.1 Å². The van der Waals surface area contributed by atoms with Gasteiger partial charge in [0.05, 0.1) is 5.69 Å². The van der Waals surface area contributed by atoms with Gasteiger partial charge in [-0.3, -0.25) is 23.8 Å². The van der Waals surface area contributed by atoms with E-state index >= 15 is 0 Å². The first-order chi connectivity index (χ1) is 10.1. The number of nitrogens with zero attached hydrogens (tertiary/aromatic N) is 2. The third kappa shape index (κ3) is 2.82. The van der Waals surface area contributed by atoms with E-state index in [0.717, 1.165) is 11.8 Å². The Labute approximate surface area is 130 Å². The number of hydrogen-bond acceptors (Lipinski definition) is 7. The van der Waals surface area contributed by atoms with E-state index in [1.807, 2.05) is 0 Å². The van der Waals surface area contributed by atoms with Gasteiger partial charge < -0.3 is 4.74 Å². The summed E-state index contributed by atoms with van der Waals surface area (Å²) in [4.78, 5) is 36.0. The van der Waals surface area contributed by atoms with Gasteiger partial charge >= 0.3 is 16.3 Å². The SMILES string of the molecule is CC(=O)O[C@@H]1[C@H](N(C(C)=O)c2ccsc2)C(=O)N1S(=O)(=O)O. The number of anilines is 1. The summed E-state index contributed by atoms with van der Waals surface area (Å²) < 4.78 is 36.3. The smallest absolute Gasteiger partial charge is 0.365 e. The predicted octanol–water partition coefficient (Wildman–Crippen LogP) is 0.00380. The number of hydrogen-bond donors (Lipinski definition) is 1. The molecule has 1 saturated heterocycles. The molecular weight excluding hydrogens is 336 g/mol. The van der Waals surface area contributed by atoms with Crippen molar-refractivity contribution in [2.75, 3.05) is 4.90 Å². The molecule has 2 rings (SSSR count). The molecule has 1 aromatic rings. The number of ether oxygens (including phenoxy) is 1. The third-order valence-electron chi connectivity index (χ3n) is 2.91. The zero-order valence-corrected chi connectivity index (χ0v) is 13.1. The predicted molar refractivity (Wildman–Crippen MR) is 75.2 cm³/mol. The fraction of sp³-hybridized carbons (Fsp3) is 0.364. The first kappa shape index (κ1) is 16.4. The zero-order chi connectivity index (χ0) is 16.7. The molecule has 120 valence electrons. The fourth-order valence-corrected chi connectivity index (χ4v) is 3.51. The van der Waals surface area contributed by atoms with Crippen LogP contribution in [0.25, 0.3) is 0 Å². The van der Waals surface area contributed by atoms with Crippen LogP contribution in [0.3, 0.4) is 0 Å². The van der Waals surface area contributed by atoms with Gasteiger partial charge in [0, 0.05) is 19.2 Å². The highest BCUT2D eigenvalue weighted by molar-refractivity contribution is 7.84. The summed E-state index contributed by atoms with van der Waals surface area (Å²) in [7, 11) is -4.90. The Balaban J connectivity index is 2.41. The van der Waals surface area contributed by atoms with Crippen LogP contribution in [0.4, 0.5) is 5.69 Å². The quantitative estimate of drug-likeness (QED) is 0.462. The van der Waals surface area contributed by atoms with Crippen LogP contribution in [0, 0.1) is 0 Å². The first-order valence-electron chi connectivity index (χ1n) is 5.94. The number of thiophene rings is 1. The number of rotatable bonds is 4. The molecule has 1 N–H and O–H groups in total. The maximum atomic E-state index is 12.0. The van der Waals surface area contributed by atoms with Gasteiger partial charge in [-0.05, 0) is 11.4 Å². The molecule has 0 spiro atoms. The molecule has 1 aliphatic heterocycles. The lowest BCUT2D eigenvalue weighted by atomic mass is 10.1. The highest BCUT2D eigenvalue weighted by Crippen LogP contribution is 2.33. The lowest BCUT2D eigenvalue weighted by Gasteiger charge is -2.46. The first-order valence-corrected chi connectivity index (χ1v) is 8.28. The standard InChI is InChI=1S/C11H12N2O7S2/c1-6(14)12(8-3-4-21-5-8)9-10(16)13(22(17,18)19)11(9)20-7(2)15/h3-5,9,11H,1-2H3,(H,17,18,19)/t9-,11-/m1/s1. The van der Waals surface area contributed by atoms with Crippen LogP contribution in [0.2, 0.25) is 0 Å². The molecule has 11 heteroatoms. The Morgan fingerprint density at radius 3 is 2.45 bits per heavy atom. The summed E-state index contributed by atoms with van der Waals surface area (Å²) in [5.41, 5.74) is 0.364. The average molecular weight is 348 g/mol. The van der Waals surface area contributed by atoms with E-state index in [1.165, 1.54) is 18.3 Å². The maximum Gasteiger partial charge on any atom is 0.365 e. The van der Waals surface area contributed by atoms with Crippen LogP contribution in [-0.4, -0.2) is 47.3 Å². The molecule has 2 heterocycles. The van der Waals surface area contributed by atoms with Crippen molar-refractivity contribution in [2.45, 2.75) is 26.1 Å². The molecule has 0 bridgehead atoms. The second kappa shape index (κ2) is 5.66. The average Bonchev–Trinajstić information content (AvgIpc) is 2.85. The molecule has 1 aliphatic rings. The molecule has 1 aromatic heterocycles. The van der Waals surface area contributed by atoms with Crippen LogP contribution in [0.1, 0.15) is 13.8 Å². The van der Waals surface area contributed by atoms with E-state index in [1.54, 1.807) is 16.8 Å². The lowest BCUT2D eigenvalue weighted by Crippen LogP contribution is -2.73. The van der Waals surface area contributed by atoms with Crippen molar-refractivity contribution in [3.05, 3.63) is 16.8 Å². The molecule has 22 heavy (non-hydrogen) atoms. The molecule has 0 aromatic carbocycles. The van der Waals surface area contributed by atoms with E-state index in [9.17, 15) is 22.8 Å². The van der Waals surface area contributed by atoms with Crippen molar-refractivity contribution in [2.24, 2.45) is 0 Å². The minimum atomic E-state index is -4.90. The second-order valence-corrected chi connectivity index (χ2v) is 6.50. The topological polar surface area (TPSA) is 121 Å². The van der Waals surface area contributed by atoms with Gasteiger partial charge in [0.15, 0.2) is 6.04 Å². The minimum absolute atomic E-state index is 0.0291. The summed E-state index contributed by atoms with van der Waals surface area (Å²) >= 11 is 1.27. The monoisotopic (exact) mass is 348 g/mol. The van der Waals surface area contributed by atoms with Crippen LogP contribution in [0.15, 0.2) is 16.8 Å². The normalized spacial score (nSPS) is 21.2. The highest BCUT2D eigenvalue weighted by Gasteiger charge is 2.59. The van der Waals surface area contributed by atoms with Gasteiger partial charge in [0.1, 0.15) is 0 Å². The number of carbonyl (C=O) groups is 3. The van der Waals surface area contributed by atoms with E-state index in [4.69, 9.17) is 9.29 Å². The fourth-order valence-electron chi connectivity index (χ4n) is 2.12. The van der Waals surface area contributed by atoms with Crippen molar-refractivity contribution in [3.8, 4) is 0 Å². The van der Waals surface area contributed by atoms with Crippen LogP contribution < -0.4 is 4.90 Å². The van der Waals surface area contributed by atoms with Crippen molar-refractivity contribution in [3.63, 3.8) is 0 Å². The minimum Gasteiger partial charge on any atom is -0.438 e. The van der Waals surface area contributed by atoms with E-state index < -0.39 is 40.4 Å². The van der Waals surface area contributed by atoms with Crippen LogP contribution >= 0.6 is 11.3 Å². The molecule has 0 aliphatic carbocycles. The summed E-state index contributed by atoms with van der Waals surface area (Å²) in [6, 6.07) is 0.207. The Bertz CT molecular complexity index is 713. The molecule has 9 nitrogen and oxygen atoms in total. The molecule has 0 saturated carbocycles. The number of β-lactam (4-membered cyclic amide) rings is 1. The van der Waals surface area contributed by atoms with Crippen molar-refractivity contribution >= 4 is 45.1 Å². The van der Waals surface area contributed by atoms with Gasteiger partial charge in [-0.15, -0.1) is 0 Å². The van der Waals surface area contributed by atoms with Crippen molar-refractivity contribution < 1.29 is 32.1 Å². The Morgan fingerprint density at radius 2 is 2.05 bits per heavy atom. The number of esters is 1. The molecule has 1 fully saturated rings. The molecule has 2 amide bonds. The summed E-state index contributed by atoms with van der Waals surface area (Å²) in [6.07, 6.45) is -1.61. The second-order valence-electron chi connectivity index (χ2n) is 4.43. The Hall–Kier alpha value is -1.98. The lowest BCUT2D eigenvalue weighted by molar-refractivity contribution is -0.176. The number of amides is 2. The van der Waals surface area contributed by atoms with Crippen molar-refractivity contribution in [1.82, 2.24) is 4.31 Å². The van der Waals surface area contributed by atoms with E-state index in [-0.39, 0.29) is 4.31 Å². The summed E-state index contributed by atoms with van der Waals surface area (Å²) in [6.45, 7) is 2.20. The Morgan fingerprint density at radius 1 is 1.41 bits per heavy atom. The summed E-state index contributed by atoms with van der Waals surface area (Å²) in [5, 5.41) is 3.24. The van der Waals surface area contributed by atoms with Crippen LogP contribution in [0.5, 0.6) is 0 Å². The highest BCUT2D eigenvalue weighted by atomic mass is 32.2. The zero-order valence-electron chi connectivity index (χ0n) is 11.5. The number of carbonyl (C=O) groups excluding carboxylic acids is 3.